The van der Waals surface area contributed by atoms with Gasteiger partial charge in [0.05, 0.1) is 19.3 Å². The largest absolute Gasteiger partial charge is 0.497 e. The molecule has 1 unspecified atom stereocenters. The molecule has 1 atom stereocenters. The van der Waals surface area contributed by atoms with E-state index in [4.69, 9.17) is 14.6 Å². The lowest BCUT2D eigenvalue weighted by Gasteiger charge is -2.20. The van der Waals surface area contributed by atoms with Crippen LogP contribution >= 0.6 is 0 Å². The molecule has 0 aliphatic rings. The van der Waals surface area contributed by atoms with Crippen molar-refractivity contribution in [3.8, 4) is 11.5 Å². The van der Waals surface area contributed by atoms with Crippen LogP contribution in [-0.4, -0.2) is 49.2 Å². The van der Waals surface area contributed by atoms with Crippen LogP contribution in [0.2, 0.25) is 0 Å². The Bertz CT molecular complexity index is 337. The van der Waals surface area contributed by atoms with Crippen molar-refractivity contribution < 1.29 is 19.7 Å². The van der Waals surface area contributed by atoms with Crippen LogP contribution in [0.5, 0.6) is 11.5 Å². The first-order chi connectivity index (χ1) is 8.57. The van der Waals surface area contributed by atoms with E-state index < -0.39 is 5.60 Å². The fourth-order valence-corrected chi connectivity index (χ4v) is 1.33. The van der Waals surface area contributed by atoms with E-state index in [1.54, 1.807) is 14.0 Å². The average molecular weight is 255 g/mol. The van der Waals surface area contributed by atoms with Gasteiger partial charge in [0.2, 0.25) is 0 Å². The lowest BCUT2D eigenvalue weighted by molar-refractivity contribution is 0.00244. The summed E-state index contributed by atoms with van der Waals surface area (Å²) in [6, 6.07) is 7.34. The smallest absolute Gasteiger partial charge is 0.119 e. The summed E-state index contributed by atoms with van der Waals surface area (Å²) in [5, 5.41) is 21.4. The summed E-state index contributed by atoms with van der Waals surface area (Å²) in [4.78, 5) is 0. The number of benzene rings is 1. The number of nitrogens with one attached hydrogen (secondary N) is 1. The molecular weight excluding hydrogens is 234 g/mol. The van der Waals surface area contributed by atoms with Crippen LogP contribution in [0.4, 0.5) is 0 Å². The Labute approximate surface area is 107 Å². The molecule has 0 radical (unpaired) electrons. The summed E-state index contributed by atoms with van der Waals surface area (Å²) in [5.41, 5.74) is -1.08. The summed E-state index contributed by atoms with van der Waals surface area (Å²) in [6.07, 6.45) is 0. The Morgan fingerprint density at radius 1 is 1.22 bits per heavy atom. The van der Waals surface area contributed by atoms with E-state index in [2.05, 4.69) is 5.32 Å². The molecule has 0 aliphatic carbocycles. The second-order valence-corrected chi connectivity index (χ2v) is 4.36. The van der Waals surface area contributed by atoms with Crippen LogP contribution < -0.4 is 14.8 Å². The molecule has 5 heteroatoms. The van der Waals surface area contributed by atoms with Gasteiger partial charge in [-0.3, -0.25) is 0 Å². The van der Waals surface area contributed by atoms with Gasteiger partial charge in [-0.1, -0.05) is 0 Å². The maximum absolute atomic E-state index is 9.53. The van der Waals surface area contributed by atoms with Gasteiger partial charge in [-0.15, -0.1) is 0 Å². The minimum absolute atomic E-state index is 0.265. The second kappa shape index (κ2) is 7.20. The number of rotatable bonds is 8. The van der Waals surface area contributed by atoms with E-state index in [9.17, 15) is 5.11 Å². The van der Waals surface area contributed by atoms with Crippen LogP contribution in [0, 0.1) is 0 Å². The summed E-state index contributed by atoms with van der Waals surface area (Å²) in [7, 11) is 1.62. The van der Waals surface area contributed by atoms with E-state index in [1.165, 1.54) is 0 Å². The maximum Gasteiger partial charge on any atom is 0.119 e. The third kappa shape index (κ3) is 5.35. The third-order valence-electron chi connectivity index (χ3n) is 2.45. The molecule has 0 fully saturated rings. The quantitative estimate of drug-likeness (QED) is 0.587. The molecule has 18 heavy (non-hydrogen) atoms. The summed E-state index contributed by atoms with van der Waals surface area (Å²) in [5.74, 6) is 1.56. The Hall–Kier alpha value is -1.30. The molecule has 1 rings (SSSR count). The third-order valence-corrected chi connectivity index (χ3v) is 2.45. The van der Waals surface area contributed by atoms with Crippen LogP contribution in [0.1, 0.15) is 6.92 Å². The van der Waals surface area contributed by atoms with E-state index in [0.717, 1.165) is 11.5 Å². The summed E-state index contributed by atoms with van der Waals surface area (Å²) < 4.78 is 10.5. The highest BCUT2D eigenvalue weighted by atomic mass is 16.5. The molecule has 0 amide bonds. The predicted octanol–water partition coefficient (Wildman–Crippen LogP) is 0.407. The molecule has 5 nitrogen and oxygen atoms in total. The first-order valence-corrected chi connectivity index (χ1v) is 5.88. The summed E-state index contributed by atoms with van der Waals surface area (Å²) in [6.45, 7) is 2.73. The fourth-order valence-electron chi connectivity index (χ4n) is 1.33. The van der Waals surface area contributed by atoms with Crippen LogP contribution in [0.3, 0.4) is 0 Å². The number of aliphatic hydroxyl groups excluding tert-OH is 1. The minimum atomic E-state index is -1.08. The first-order valence-electron chi connectivity index (χ1n) is 5.88. The minimum Gasteiger partial charge on any atom is -0.497 e. The van der Waals surface area contributed by atoms with E-state index in [0.29, 0.717) is 19.7 Å². The molecule has 3 N–H and O–H groups in total. The Morgan fingerprint density at radius 3 is 2.39 bits per heavy atom. The van der Waals surface area contributed by atoms with Crippen molar-refractivity contribution in [1.29, 1.82) is 0 Å². The molecule has 102 valence electrons. The highest BCUT2D eigenvalue weighted by Gasteiger charge is 2.17. The zero-order valence-electron chi connectivity index (χ0n) is 10.8. The van der Waals surface area contributed by atoms with Gasteiger partial charge in [-0.05, 0) is 31.2 Å². The van der Waals surface area contributed by atoms with Crippen LogP contribution in [-0.2, 0) is 0 Å². The van der Waals surface area contributed by atoms with Gasteiger partial charge >= 0.3 is 0 Å². The van der Waals surface area contributed by atoms with Gasteiger partial charge in [0.15, 0.2) is 0 Å². The van der Waals surface area contributed by atoms with Crippen molar-refractivity contribution in [2.45, 2.75) is 12.5 Å². The molecule has 0 aliphatic heterocycles. The summed E-state index contributed by atoms with van der Waals surface area (Å²) >= 11 is 0. The second-order valence-electron chi connectivity index (χ2n) is 4.36. The number of hydrogen-bond acceptors (Lipinski definition) is 5. The van der Waals surface area contributed by atoms with Crippen molar-refractivity contribution >= 4 is 0 Å². The normalized spacial score (nSPS) is 14.0. The van der Waals surface area contributed by atoms with Gasteiger partial charge in [0.1, 0.15) is 18.1 Å². The Balaban J connectivity index is 2.17. The molecule has 0 heterocycles. The van der Waals surface area contributed by atoms with Gasteiger partial charge in [-0.2, -0.15) is 0 Å². The van der Waals surface area contributed by atoms with Gasteiger partial charge < -0.3 is 25.0 Å². The number of aliphatic hydroxyl groups is 2. The Morgan fingerprint density at radius 2 is 1.83 bits per heavy atom. The SMILES string of the molecule is COc1ccc(OCCNCC(C)(O)CO)cc1. The number of methoxy groups -OCH3 is 1. The topological polar surface area (TPSA) is 71.0 Å². The molecule has 0 aromatic heterocycles. The van der Waals surface area contributed by atoms with Crippen molar-refractivity contribution in [2.24, 2.45) is 0 Å². The maximum atomic E-state index is 9.53. The van der Waals surface area contributed by atoms with Gasteiger partial charge in [0.25, 0.3) is 0 Å². The van der Waals surface area contributed by atoms with Crippen LogP contribution in [0.25, 0.3) is 0 Å². The zero-order chi connectivity index (χ0) is 13.4. The van der Waals surface area contributed by atoms with Crippen molar-refractivity contribution in [1.82, 2.24) is 5.32 Å². The van der Waals surface area contributed by atoms with Gasteiger partial charge in [-0.25, -0.2) is 0 Å². The van der Waals surface area contributed by atoms with Crippen molar-refractivity contribution in [2.75, 3.05) is 33.4 Å². The molecule has 0 saturated heterocycles. The highest BCUT2D eigenvalue weighted by Crippen LogP contribution is 2.16. The highest BCUT2D eigenvalue weighted by molar-refractivity contribution is 5.31. The first kappa shape index (κ1) is 14.8. The van der Waals surface area contributed by atoms with Crippen molar-refractivity contribution in [3.63, 3.8) is 0 Å². The Kier molecular flexibility index (Phi) is 5.91. The number of ether oxygens (including phenoxy) is 2. The average Bonchev–Trinajstić information content (AvgIpc) is 2.39. The van der Waals surface area contributed by atoms with Gasteiger partial charge in [0, 0.05) is 13.1 Å². The standard InChI is InChI=1S/C13H21NO4/c1-13(16,10-15)9-14-7-8-18-12-5-3-11(17-2)4-6-12/h3-6,14-16H,7-10H2,1-2H3. The monoisotopic (exact) mass is 255 g/mol. The molecule has 0 saturated carbocycles. The molecular formula is C13H21NO4. The number of hydrogen-bond donors (Lipinski definition) is 3. The lowest BCUT2D eigenvalue weighted by Crippen LogP contribution is -2.42. The van der Waals surface area contributed by atoms with E-state index in [1.807, 2.05) is 24.3 Å². The van der Waals surface area contributed by atoms with Crippen molar-refractivity contribution in [3.05, 3.63) is 24.3 Å². The molecule has 1 aromatic rings. The predicted molar refractivity (Wildman–Crippen MR) is 69.1 cm³/mol. The van der Waals surface area contributed by atoms with Crippen LogP contribution in [0.15, 0.2) is 24.3 Å². The van der Waals surface area contributed by atoms with E-state index in [-0.39, 0.29) is 6.61 Å². The fraction of sp³-hybridized carbons (Fsp3) is 0.538. The molecule has 0 bridgehead atoms. The zero-order valence-corrected chi connectivity index (χ0v) is 10.8. The van der Waals surface area contributed by atoms with E-state index >= 15 is 0 Å². The lowest BCUT2D eigenvalue weighted by atomic mass is 10.1. The molecule has 1 aromatic carbocycles. The molecule has 0 spiro atoms.